The van der Waals surface area contributed by atoms with E-state index in [-0.39, 0.29) is 30.9 Å². The molecule has 0 fully saturated rings. The second kappa shape index (κ2) is 7.52. The van der Waals surface area contributed by atoms with E-state index in [0.29, 0.717) is 5.69 Å². The maximum absolute atomic E-state index is 11.1. The van der Waals surface area contributed by atoms with Gasteiger partial charge in [-0.1, -0.05) is 12.1 Å². The summed E-state index contributed by atoms with van der Waals surface area (Å²) in [6.07, 6.45) is 0. The molecule has 6 nitrogen and oxygen atoms in total. The van der Waals surface area contributed by atoms with Crippen molar-refractivity contribution in [3.63, 3.8) is 0 Å². The van der Waals surface area contributed by atoms with Crippen molar-refractivity contribution in [1.82, 2.24) is 5.32 Å². The highest BCUT2D eigenvalue weighted by Crippen LogP contribution is 2.15. The topological polar surface area (TPSA) is 110 Å². The Bertz CT molecular complexity index is 408. The molecule has 0 spiro atoms. The summed E-state index contributed by atoms with van der Waals surface area (Å²) in [5.41, 5.74) is 11.7. The number of halogens is 1. The van der Waals surface area contributed by atoms with Crippen molar-refractivity contribution >= 4 is 30.0 Å². The van der Waals surface area contributed by atoms with E-state index in [0.717, 1.165) is 5.56 Å². The Labute approximate surface area is 112 Å². The fraction of sp³-hybridized carbons (Fsp3) is 0.273. The minimum absolute atomic E-state index is 0. The van der Waals surface area contributed by atoms with Gasteiger partial charge in [-0.15, -0.1) is 12.4 Å². The molecular formula is C11H17ClN4O2. The molecule has 100 valence electrons. The predicted molar refractivity (Wildman–Crippen MR) is 72.5 cm³/mol. The van der Waals surface area contributed by atoms with Gasteiger partial charge in [-0.3, -0.25) is 4.79 Å². The first-order valence-electron chi connectivity index (χ1n) is 5.18. The van der Waals surface area contributed by atoms with Crippen LogP contribution in [0.4, 0.5) is 10.5 Å². The molecule has 0 saturated carbocycles. The molecule has 6 N–H and O–H groups in total. The number of anilines is 1. The summed E-state index contributed by atoms with van der Waals surface area (Å²) in [5, 5.41) is 5.18. The number of hydrogen-bond donors (Lipinski definition) is 4. The van der Waals surface area contributed by atoms with Crippen molar-refractivity contribution < 1.29 is 9.59 Å². The van der Waals surface area contributed by atoms with Gasteiger partial charge in [0, 0.05) is 5.69 Å². The molecule has 0 radical (unpaired) electrons. The number of urea groups is 1. The Balaban J connectivity index is 0.00000289. The van der Waals surface area contributed by atoms with Crippen LogP contribution in [-0.4, -0.2) is 18.5 Å². The monoisotopic (exact) mass is 272 g/mol. The first kappa shape index (κ1) is 16.2. The summed E-state index contributed by atoms with van der Waals surface area (Å²) in [4.78, 5) is 21.7. The number of amides is 3. The maximum atomic E-state index is 11.1. The van der Waals surface area contributed by atoms with Crippen LogP contribution < -0.4 is 22.1 Å². The van der Waals surface area contributed by atoms with E-state index >= 15 is 0 Å². The lowest BCUT2D eigenvalue weighted by Gasteiger charge is -2.14. The molecule has 1 aromatic carbocycles. The average Bonchev–Trinajstić information content (AvgIpc) is 2.28. The summed E-state index contributed by atoms with van der Waals surface area (Å²) in [6.45, 7) is 1.82. The van der Waals surface area contributed by atoms with E-state index in [2.05, 4.69) is 10.6 Å². The number of rotatable bonds is 4. The molecule has 1 aromatic rings. The minimum atomic E-state index is -0.609. The van der Waals surface area contributed by atoms with E-state index in [9.17, 15) is 9.59 Å². The molecular weight excluding hydrogens is 256 g/mol. The first-order valence-corrected chi connectivity index (χ1v) is 5.18. The van der Waals surface area contributed by atoms with Crippen molar-refractivity contribution in [3.05, 3.63) is 29.8 Å². The predicted octanol–water partition coefficient (Wildman–Crippen LogP) is 0.735. The largest absolute Gasteiger partial charge is 0.351 e. The molecule has 0 aliphatic carbocycles. The van der Waals surface area contributed by atoms with E-state index in [1.165, 1.54) is 0 Å². The Morgan fingerprint density at radius 3 is 2.28 bits per heavy atom. The van der Waals surface area contributed by atoms with Crippen LogP contribution in [0.25, 0.3) is 0 Å². The van der Waals surface area contributed by atoms with Gasteiger partial charge in [0.15, 0.2) is 0 Å². The molecule has 7 heteroatoms. The van der Waals surface area contributed by atoms with Gasteiger partial charge in [-0.25, -0.2) is 4.79 Å². The van der Waals surface area contributed by atoms with Crippen LogP contribution in [0, 0.1) is 0 Å². The third-order valence-corrected chi connectivity index (χ3v) is 2.24. The molecule has 0 heterocycles. The number of benzene rings is 1. The smallest absolute Gasteiger partial charge is 0.316 e. The summed E-state index contributed by atoms with van der Waals surface area (Å²) < 4.78 is 0. The molecule has 0 saturated heterocycles. The minimum Gasteiger partial charge on any atom is -0.351 e. The van der Waals surface area contributed by atoms with E-state index in [1.807, 2.05) is 6.92 Å². The van der Waals surface area contributed by atoms with Gasteiger partial charge < -0.3 is 22.1 Å². The van der Waals surface area contributed by atoms with Gasteiger partial charge in [0.05, 0.1) is 12.6 Å². The fourth-order valence-electron chi connectivity index (χ4n) is 1.38. The lowest BCUT2D eigenvalue weighted by atomic mass is 10.1. The third kappa shape index (κ3) is 5.03. The molecule has 18 heavy (non-hydrogen) atoms. The Hall–Kier alpha value is -1.79. The zero-order valence-corrected chi connectivity index (χ0v) is 10.8. The average molecular weight is 273 g/mol. The highest BCUT2D eigenvalue weighted by Gasteiger charge is 2.07. The van der Waals surface area contributed by atoms with E-state index in [4.69, 9.17) is 11.5 Å². The quantitative estimate of drug-likeness (QED) is 0.648. The second-order valence-electron chi connectivity index (χ2n) is 3.60. The molecule has 1 atom stereocenters. The zero-order chi connectivity index (χ0) is 12.8. The summed E-state index contributed by atoms with van der Waals surface area (Å²) in [7, 11) is 0. The number of nitrogens with one attached hydrogen (secondary N) is 2. The van der Waals surface area contributed by atoms with Gasteiger partial charge in [-0.05, 0) is 24.6 Å². The standard InChI is InChI=1S/C11H16N4O2.ClH/c1-7(14-10(16)6-12)8-2-4-9(5-3-8)15-11(13)17;/h2-5,7H,6,12H2,1H3,(H,14,16)(H3,13,15,17);1H. The zero-order valence-electron chi connectivity index (χ0n) is 9.97. The third-order valence-electron chi connectivity index (χ3n) is 2.24. The first-order chi connectivity index (χ1) is 8.02. The molecule has 0 aliphatic heterocycles. The fourth-order valence-corrected chi connectivity index (χ4v) is 1.38. The van der Waals surface area contributed by atoms with Crippen LogP contribution in [0.5, 0.6) is 0 Å². The Morgan fingerprint density at radius 2 is 1.83 bits per heavy atom. The lowest BCUT2D eigenvalue weighted by molar-refractivity contribution is -0.120. The van der Waals surface area contributed by atoms with Crippen LogP contribution >= 0.6 is 12.4 Å². The van der Waals surface area contributed by atoms with Crippen molar-refractivity contribution in [2.24, 2.45) is 11.5 Å². The molecule has 0 aliphatic rings. The van der Waals surface area contributed by atoms with Crippen LogP contribution in [0.2, 0.25) is 0 Å². The number of hydrogen-bond acceptors (Lipinski definition) is 3. The molecule has 0 aromatic heterocycles. The van der Waals surface area contributed by atoms with Gasteiger partial charge in [0.2, 0.25) is 5.91 Å². The molecule has 1 rings (SSSR count). The second-order valence-corrected chi connectivity index (χ2v) is 3.60. The van der Waals surface area contributed by atoms with Crippen LogP contribution in [-0.2, 0) is 4.79 Å². The Kier molecular flexibility index (Phi) is 6.77. The summed E-state index contributed by atoms with van der Waals surface area (Å²) >= 11 is 0. The highest BCUT2D eigenvalue weighted by atomic mass is 35.5. The number of primary amides is 1. The van der Waals surface area contributed by atoms with Crippen molar-refractivity contribution in [2.45, 2.75) is 13.0 Å². The van der Waals surface area contributed by atoms with Crippen molar-refractivity contribution in [2.75, 3.05) is 11.9 Å². The van der Waals surface area contributed by atoms with Crippen molar-refractivity contribution in [3.8, 4) is 0 Å². The van der Waals surface area contributed by atoms with Crippen LogP contribution in [0.3, 0.4) is 0 Å². The highest BCUT2D eigenvalue weighted by molar-refractivity contribution is 5.87. The van der Waals surface area contributed by atoms with Gasteiger partial charge in [0.1, 0.15) is 0 Å². The molecule has 3 amide bonds. The van der Waals surface area contributed by atoms with Crippen LogP contribution in [0.15, 0.2) is 24.3 Å². The molecule has 1 unspecified atom stereocenters. The molecule has 0 bridgehead atoms. The SMILES string of the molecule is CC(NC(=O)CN)c1ccc(NC(N)=O)cc1.Cl. The van der Waals surface area contributed by atoms with Gasteiger partial charge in [-0.2, -0.15) is 0 Å². The Morgan fingerprint density at radius 1 is 1.28 bits per heavy atom. The van der Waals surface area contributed by atoms with E-state index < -0.39 is 6.03 Å². The van der Waals surface area contributed by atoms with Gasteiger partial charge in [0.25, 0.3) is 0 Å². The normalized spacial score (nSPS) is 11.0. The summed E-state index contributed by atoms with van der Waals surface area (Å²) in [5.74, 6) is -0.211. The number of carbonyl (C=O) groups excluding carboxylic acids is 2. The lowest BCUT2D eigenvalue weighted by Crippen LogP contribution is -2.32. The summed E-state index contributed by atoms with van der Waals surface area (Å²) in [6, 6.07) is 6.28. The number of nitrogens with two attached hydrogens (primary N) is 2. The van der Waals surface area contributed by atoms with Crippen LogP contribution in [0.1, 0.15) is 18.5 Å². The van der Waals surface area contributed by atoms with Crippen molar-refractivity contribution in [1.29, 1.82) is 0 Å². The van der Waals surface area contributed by atoms with E-state index in [1.54, 1.807) is 24.3 Å². The number of carbonyl (C=O) groups is 2. The van der Waals surface area contributed by atoms with Gasteiger partial charge >= 0.3 is 6.03 Å². The maximum Gasteiger partial charge on any atom is 0.316 e.